The summed E-state index contributed by atoms with van der Waals surface area (Å²) in [6.45, 7) is 3.84. The molecule has 93 valence electrons. The van der Waals surface area contributed by atoms with Crippen LogP contribution in [0, 0.1) is 19.9 Å². The van der Waals surface area contributed by atoms with Crippen LogP contribution < -0.4 is 0 Å². The Morgan fingerprint density at radius 2 is 1.56 bits per heavy atom. The summed E-state index contributed by atoms with van der Waals surface area (Å²) in [5.74, 6) is 0. The van der Waals surface area contributed by atoms with Crippen molar-refractivity contribution in [2.75, 3.05) is 0 Å². The SMILES string of the molecule is Cc1cc(C)cc(-c2[c]ccc(C(F)(F)F)c2)c1. The molecule has 0 amide bonds. The zero-order chi connectivity index (χ0) is 13.3. The van der Waals surface area contributed by atoms with E-state index in [0.29, 0.717) is 5.56 Å². The Labute approximate surface area is 104 Å². The summed E-state index contributed by atoms with van der Waals surface area (Å²) in [4.78, 5) is 0. The van der Waals surface area contributed by atoms with Gasteiger partial charge in [0.25, 0.3) is 0 Å². The van der Waals surface area contributed by atoms with Gasteiger partial charge in [0.2, 0.25) is 0 Å². The third-order valence-electron chi connectivity index (χ3n) is 2.66. The average molecular weight is 249 g/mol. The summed E-state index contributed by atoms with van der Waals surface area (Å²) < 4.78 is 37.9. The fourth-order valence-electron chi connectivity index (χ4n) is 1.94. The molecule has 0 N–H and O–H groups in total. The van der Waals surface area contributed by atoms with Crippen LogP contribution in [0.15, 0.2) is 36.4 Å². The Morgan fingerprint density at radius 1 is 0.944 bits per heavy atom. The van der Waals surface area contributed by atoms with Crippen molar-refractivity contribution in [3.8, 4) is 11.1 Å². The zero-order valence-electron chi connectivity index (χ0n) is 10.1. The highest BCUT2D eigenvalue weighted by Gasteiger charge is 2.30. The fraction of sp³-hybridized carbons (Fsp3) is 0.200. The number of rotatable bonds is 1. The molecule has 0 saturated carbocycles. The molecule has 0 atom stereocenters. The van der Waals surface area contributed by atoms with E-state index in [4.69, 9.17) is 0 Å². The molecular weight excluding hydrogens is 237 g/mol. The first kappa shape index (κ1) is 12.7. The van der Waals surface area contributed by atoms with Gasteiger partial charge in [-0.05, 0) is 43.2 Å². The van der Waals surface area contributed by atoms with E-state index in [2.05, 4.69) is 6.07 Å². The van der Waals surface area contributed by atoms with Gasteiger partial charge in [0, 0.05) is 0 Å². The highest BCUT2D eigenvalue weighted by molar-refractivity contribution is 5.65. The molecular formula is C15H12F3. The average Bonchev–Trinajstić information content (AvgIpc) is 2.27. The van der Waals surface area contributed by atoms with Crippen LogP contribution in [0.5, 0.6) is 0 Å². The molecule has 0 aromatic heterocycles. The Morgan fingerprint density at radius 3 is 2.11 bits per heavy atom. The van der Waals surface area contributed by atoms with Crippen molar-refractivity contribution in [1.29, 1.82) is 0 Å². The van der Waals surface area contributed by atoms with Crippen LogP contribution >= 0.6 is 0 Å². The lowest BCUT2D eigenvalue weighted by molar-refractivity contribution is -0.137. The molecule has 0 unspecified atom stereocenters. The summed E-state index contributed by atoms with van der Waals surface area (Å²) in [6, 6.07) is 12.0. The molecule has 2 aromatic rings. The molecule has 2 aromatic carbocycles. The Bertz CT molecular complexity index is 548. The minimum absolute atomic E-state index is 0.469. The van der Waals surface area contributed by atoms with Crippen molar-refractivity contribution in [2.24, 2.45) is 0 Å². The van der Waals surface area contributed by atoms with Gasteiger partial charge < -0.3 is 0 Å². The number of alkyl halides is 3. The van der Waals surface area contributed by atoms with Crippen molar-refractivity contribution in [3.05, 3.63) is 59.2 Å². The third-order valence-corrected chi connectivity index (χ3v) is 2.66. The monoisotopic (exact) mass is 249 g/mol. The Hall–Kier alpha value is -1.77. The standard InChI is InChI=1S/C15H12F3/c1-10-6-11(2)8-13(7-10)12-4-3-5-14(9-12)15(16,17)18/h3,5-9H,1-2H3. The summed E-state index contributed by atoms with van der Waals surface area (Å²) in [6.07, 6.45) is -4.32. The lowest BCUT2D eigenvalue weighted by atomic mass is 9.99. The first-order valence-corrected chi connectivity index (χ1v) is 5.54. The third kappa shape index (κ3) is 2.73. The van der Waals surface area contributed by atoms with Gasteiger partial charge in [-0.15, -0.1) is 0 Å². The molecule has 2 rings (SSSR count). The second-order valence-corrected chi connectivity index (χ2v) is 4.37. The van der Waals surface area contributed by atoms with E-state index in [1.807, 2.05) is 32.0 Å². The molecule has 3 heteroatoms. The molecule has 0 spiro atoms. The zero-order valence-corrected chi connectivity index (χ0v) is 10.1. The predicted molar refractivity (Wildman–Crippen MR) is 65.2 cm³/mol. The predicted octanol–water partition coefficient (Wildman–Crippen LogP) is 4.79. The molecule has 0 fully saturated rings. The van der Waals surface area contributed by atoms with E-state index in [9.17, 15) is 13.2 Å². The van der Waals surface area contributed by atoms with Gasteiger partial charge in [-0.3, -0.25) is 0 Å². The summed E-state index contributed by atoms with van der Waals surface area (Å²) >= 11 is 0. The van der Waals surface area contributed by atoms with E-state index in [-0.39, 0.29) is 0 Å². The van der Waals surface area contributed by atoms with Crippen LogP contribution in [0.3, 0.4) is 0 Å². The van der Waals surface area contributed by atoms with Gasteiger partial charge in [0.05, 0.1) is 5.56 Å². The van der Waals surface area contributed by atoms with Crippen molar-refractivity contribution in [2.45, 2.75) is 20.0 Å². The minimum Gasteiger partial charge on any atom is -0.166 e. The van der Waals surface area contributed by atoms with Gasteiger partial charge in [0.15, 0.2) is 0 Å². The van der Waals surface area contributed by atoms with Gasteiger partial charge in [-0.25, -0.2) is 0 Å². The first-order chi connectivity index (χ1) is 8.36. The van der Waals surface area contributed by atoms with Crippen LogP contribution in [-0.2, 0) is 6.18 Å². The van der Waals surface area contributed by atoms with E-state index in [1.54, 1.807) is 0 Å². The molecule has 0 aliphatic heterocycles. The topological polar surface area (TPSA) is 0 Å². The normalized spacial score (nSPS) is 11.6. The number of aryl methyl sites for hydroxylation is 2. The molecule has 0 nitrogen and oxygen atoms in total. The quantitative estimate of drug-likeness (QED) is 0.681. The highest BCUT2D eigenvalue weighted by Crippen LogP contribution is 2.32. The maximum Gasteiger partial charge on any atom is 0.416 e. The van der Waals surface area contributed by atoms with E-state index >= 15 is 0 Å². The molecule has 1 radical (unpaired) electrons. The van der Waals surface area contributed by atoms with Crippen LogP contribution in [0.25, 0.3) is 11.1 Å². The maximum absolute atomic E-state index is 12.6. The second kappa shape index (κ2) is 4.48. The Kier molecular flexibility index (Phi) is 3.16. The Balaban J connectivity index is 2.51. The molecule has 0 aliphatic rings. The summed E-state index contributed by atoms with van der Waals surface area (Å²) in [7, 11) is 0. The van der Waals surface area contributed by atoms with Gasteiger partial charge >= 0.3 is 6.18 Å². The molecule has 0 heterocycles. The largest absolute Gasteiger partial charge is 0.416 e. The minimum atomic E-state index is -4.32. The fourth-order valence-corrected chi connectivity index (χ4v) is 1.94. The summed E-state index contributed by atoms with van der Waals surface area (Å²) in [5, 5.41) is 0. The number of halogens is 3. The van der Waals surface area contributed by atoms with Crippen LogP contribution in [0.4, 0.5) is 13.2 Å². The molecule has 0 aliphatic carbocycles. The van der Waals surface area contributed by atoms with Crippen LogP contribution in [-0.4, -0.2) is 0 Å². The molecule has 0 bridgehead atoms. The smallest absolute Gasteiger partial charge is 0.166 e. The van der Waals surface area contributed by atoms with Crippen molar-refractivity contribution >= 4 is 0 Å². The van der Waals surface area contributed by atoms with Crippen molar-refractivity contribution in [1.82, 2.24) is 0 Å². The number of hydrogen-bond donors (Lipinski definition) is 0. The maximum atomic E-state index is 12.6. The van der Waals surface area contributed by atoms with Crippen LogP contribution in [0.2, 0.25) is 0 Å². The van der Waals surface area contributed by atoms with Gasteiger partial charge in [0.1, 0.15) is 0 Å². The lowest BCUT2D eigenvalue weighted by Crippen LogP contribution is -2.04. The highest BCUT2D eigenvalue weighted by atomic mass is 19.4. The number of benzene rings is 2. The molecule has 0 saturated heterocycles. The van der Waals surface area contributed by atoms with E-state index in [1.165, 1.54) is 6.07 Å². The number of hydrogen-bond acceptors (Lipinski definition) is 0. The van der Waals surface area contributed by atoms with E-state index in [0.717, 1.165) is 28.8 Å². The van der Waals surface area contributed by atoms with Crippen molar-refractivity contribution in [3.63, 3.8) is 0 Å². The van der Waals surface area contributed by atoms with E-state index < -0.39 is 11.7 Å². The summed E-state index contributed by atoms with van der Waals surface area (Å²) in [5.41, 5.74) is 2.64. The van der Waals surface area contributed by atoms with Crippen LogP contribution in [0.1, 0.15) is 16.7 Å². The second-order valence-electron chi connectivity index (χ2n) is 4.37. The lowest BCUT2D eigenvalue weighted by Gasteiger charge is -2.09. The first-order valence-electron chi connectivity index (χ1n) is 5.54. The van der Waals surface area contributed by atoms with Gasteiger partial charge in [-0.1, -0.05) is 35.4 Å². The van der Waals surface area contributed by atoms with Gasteiger partial charge in [-0.2, -0.15) is 13.2 Å². The molecule has 18 heavy (non-hydrogen) atoms. The van der Waals surface area contributed by atoms with Crippen molar-refractivity contribution < 1.29 is 13.2 Å².